The Morgan fingerprint density at radius 2 is 1.79 bits per heavy atom. The topological polar surface area (TPSA) is 78.1 Å². The van der Waals surface area contributed by atoms with Gasteiger partial charge in [0.2, 0.25) is 6.79 Å². The van der Waals surface area contributed by atoms with E-state index in [4.69, 9.17) is 18.9 Å². The summed E-state index contributed by atoms with van der Waals surface area (Å²) in [7, 11) is 0. The molecule has 2 saturated heterocycles. The van der Waals surface area contributed by atoms with E-state index in [1.54, 1.807) is 0 Å². The molecule has 0 spiro atoms. The van der Waals surface area contributed by atoms with Gasteiger partial charge in [-0.05, 0) is 30.5 Å². The molecule has 4 atom stereocenters. The van der Waals surface area contributed by atoms with Crippen molar-refractivity contribution < 1.29 is 23.7 Å². The van der Waals surface area contributed by atoms with E-state index in [1.807, 2.05) is 18.2 Å². The van der Waals surface area contributed by atoms with Crippen molar-refractivity contribution >= 4 is 12.1 Å². The quantitative estimate of drug-likeness (QED) is 0.813. The maximum Gasteiger partial charge on any atom is 0.315 e. The van der Waals surface area contributed by atoms with E-state index in [2.05, 4.69) is 22.8 Å². The summed E-state index contributed by atoms with van der Waals surface area (Å²) in [4.78, 5) is 12.4. The smallest absolute Gasteiger partial charge is 0.315 e. The van der Waals surface area contributed by atoms with E-state index < -0.39 is 0 Å². The van der Waals surface area contributed by atoms with Crippen LogP contribution >= 0.6 is 0 Å². The fourth-order valence-corrected chi connectivity index (χ4v) is 4.71. The molecule has 0 unspecified atom stereocenters. The number of carbonyl (C=O) groups excluding carboxylic acids is 1. The van der Waals surface area contributed by atoms with Gasteiger partial charge in [0.25, 0.3) is 0 Å². The third-order valence-electron chi connectivity index (χ3n) is 6.28. The van der Waals surface area contributed by atoms with E-state index in [0.29, 0.717) is 19.3 Å². The Bertz CT molecular complexity index is 776. The minimum atomic E-state index is -0.104. The summed E-state index contributed by atoms with van der Waals surface area (Å²) in [6, 6.07) is 5.99. The zero-order valence-electron chi connectivity index (χ0n) is 16.5. The van der Waals surface area contributed by atoms with Crippen molar-refractivity contribution in [2.24, 2.45) is 5.92 Å². The molecule has 0 radical (unpaired) electrons. The Kier molecular flexibility index (Phi) is 5.33. The molecule has 1 aromatic carbocycles. The van der Waals surface area contributed by atoms with E-state index in [0.717, 1.165) is 29.9 Å². The van der Waals surface area contributed by atoms with Gasteiger partial charge in [0.05, 0.1) is 25.4 Å². The van der Waals surface area contributed by atoms with Gasteiger partial charge < -0.3 is 29.6 Å². The molecule has 5 rings (SSSR count). The lowest BCUT2D eigenvalue weighted by Gasteiger charge is -2.24. The van der Waals surface area contributed by atoms with Crippen LogP contribution in [0.4, 0.5) is 4.79 Å². The molecule has 156 valence electrons. The minimum absolute atomic E-state index is 0.0276. The first-order valence-electron chi connectivity index (χ1n) is 10.6. The fourth-order valence-electron chi connectivity index (χ4n) is 4.71. The second kappa shape index (κ2) is 8.24. The molecule has 4 aliphatic rings. The van der Waals surface area contributed by atoms with E-state index in [9.17, 15) is 4.79 Å². The second-order valence-electron chi connectivity index (χ2n) is 8.29. The lowest BCUT2D eigenvalue weighted by atomic mass is 9.96. The maximum atomic E-state index is 12.4. The lowest BCUT2D eigenvalue weighted by molar-refractivity contribution is 0.0661. The third-order valence-corrected chi connectivity index (χ3v) is 6.28. The zero-order chi connectivity index (χ0) is 19.6. The van der Waals surface area contributed by atoms with Crippen molar-refractivity contribution in [3.8, 4) is 11.5 Å². The van der Waals surface area contributed by atoms with Crippen LogP contribution in [-0.2, 0) is 9.47 Å². The molecule has 1 aromatic rings. The van der Waals surface area contributed by atoms with Crippen LogP contribution in [0.25, 0.3) is 6.08 Å². The van der Waals surface area contributed by atoms with E-state index in [1.165, 1.54) is 19.3 Å². The predicted molar refractivity (Wildman–Crippen MR) is 107 cm³/mol. The molecule has 3 fully saturated rings. The van der Waals surface area contributed by atoms with Crippen LogP contribution in [0.1, 0.15) is 37.7 Å². The Labute approximate surface area is 170 Å². The summed E-state index contributed by atoms with van der Waals surface area (Å²) >= 11 is 0. The summed E-state index contributed by atoms with van der Waals surface area (Å²) in [5.41, 5.74) is 1.05. The van der Waals surface area contributed by atoms with Crippen molar-refractivity contribution in [1.82, 2.24) is 10.6 Å². The van der Waals surface area contributed by atoms with Crippen LogP contribution in [0.5, 0.6) is 11.5 Å². The molecule has 1 aliphatic carbocycles. The van der Waals surface area contributed by atoms with Crippen molar-refractivity contribution in [3.63, 3.8) is 0 Å². The van der Waals surface area contributed by atoms with Crippen molar-refractivity contribution in [1.29, 1.82) is 0 Å². The Morgan fingerprint density at radius 3 is 2.69 bits per heavy atom. The van der Waals surface area contributed by atoms with Crippen LogP contribution < -0.4 is 20.1 Å². The fraction of sp³-hybridized carbons (Fsp3) is 0.591. The molecule has 0 bridgehead atoms. The Morgan fingerprint density at radius 1 is 0.966 bits per heavy atom. The number of hydrogen-bond acceptors (Lipinski definition) is 5. The summed E-state index contributed by atoms with van der Waals surface area (Å²) in [5.74, 6) is 1.72. The molecular weight excluding hydrogens is 372 g/mol. The largest absolute Gasteiger partial charge is 0.454 e. The molecule has 3 heterocycles. The van der Waals surface area contributed by atoms with Gasteiger partial charge >= 0.3 is 6.03 Å². The number of urea groups is 1. The normalized spacial score (nSPS) is 31.2. The second-order valence-corrected chi connectivity index (χ2v) is 8.29. The monoisotopic (exact) mass is 400 g/mol. The molecule has 0 aromatic heterocycles. The standard InChI is InChI=1S/C22H28N2O5/c25-22(23-16-4-2-1-3-5-16)24-17-12-27-20-15(11-26-21(17)20)8-6-14-7-9-18-19(10-14)29-13-28-18/h6-10,15-17,20-21H,1-5,11-13H2,(H2,23,24,25)/t15-,17-,20+,21+/m0/s1. The maximum absolute atomic E-state index is 12.4. The first-order valence-corrected chi connectivity index (χ1v) is 10.6. The molecular formula is C22H28N2O5. The number of carbonyl (C=O) groups is 1. The zero-order valence-corrected chi connectivity index (χ0v) is 16.5. The predicted octanol–water partition coefficient (Wildman–Crippen LogP) is 2.84. The van der Waals surface area contributed by atoms with Crippen LogP contribution in [0.3, 0.4) is 0 Å². The van der Waals surface area contributed by atoms with Crippen LogP contribution in [0.15, 0.2) is 24.3 Å². The number of amides is 2. The van der Waals surface area contributed by atoms with Crippen LogP contribution in [-0.4, -0.2) is 50.3 Å². The number of ether oxygens (including phenoxy) is 4. The molecule has 2 amide bonds. The van der Waals surface area contributed by atoms with Gasteiger partial charge in [-0.2, -0.15) is 0 Å². The highest BCUT2D eigenvalue weighted by molar-refractivity contribution is 5.74. The highest BCUT2D eigenvalue weighted by Gasteiger charge is 2.47. The lowest BCUT2D eigenvalue weighted by Crippen LogP contribution is -2.50. The molecule has 3 aliphatic heterocycles. The minimum Gasteiger partial charge on any atom is -0.454 e. The number of fused-ring (bicyclic) bond motifs is 2. The molecule has 1 saturated carbocycles. The molecule has 7 nitrogen and oxygen atoms in total. The summed E-state index contributed by atoms with van der Waals surface area (Å²) in [5, 5.41) is 6.17. The molecule has 2 N–H and O–H groups in total. The van der Waals surface area contributed by atoms with Crippen LogP contribution in [0.2, 0.25) is 0 Å². The highest BCUT2D eigenvalue weighted by atomic mass is 16.7. The first-order chi connectivity index (χ1) is 14.3. The van der Waals surface area contributed by atoms with Crippen LogP contribution in [0, 0.1) is 5.92 Å². The molecule has 7 heteroatoms. The third kappa shape index (κ3) is 4.07. The van der Waals surface area contributed by atoms with Gasteiger partial charge in [0.15, 0.2) is 11.5 Å². The average Bonchev–Trinajstić information content (AvgIpc) is 3.44. The van der Waals surface area contributed by atoms with Crippen molar-refractivity contribution in [2.45, 2.75) is 56.4 Å². The van der Waals surface area contributed by atoms with E-state index in [-0.39, 0.29) is 37.0 Å². The number of hydrogen-bond donors (Lipinski definition) is 2. The SMILES string of the molecule is O=C(NC1CCCCC1)N[C@H]1CO[C@H]2[C@@H]1OC[C@@H]2C=Cc1ccc2c(c1)OCO2. The van der Waals surface area contributed by atoms with Gasteiger partial charge in [0, 0.05) is 12.0 Å². The van der Waals surface area contributed by atoms with Crippen molar-refractivity contribution in [3.05, 3.63) is 29.8 Å². The summed E-state index contributed by atoms with van der Waals surface area (Å²) in [6.45, 7) is 1.36. The Balaban J connectivity index is 1.15. The van der Waals surface area contributed by atoms with Gasteiger partial charge in [-0.3, -0.25) is 0 Å². The Hall–Kier alpha value is -2.25. The molecule has 29 heavy (non-hydrogen) atoms. The van der Waals surface area contributed by atoms with E-state index >= 15 is 0 Å². The van der Waals surface area contributed by atoms with Gasteiger partial charge in [-0.25, -0.2) is 4.79 Å². The van der Waals surface area contributed by atoms with Crippen molar-refractivity contribution in [2.75, 3.05) is 20.0 Å². The first kappa shape index (κ1) is 18.8. The summed E-state index contributed by atoms with van der Waals surface area (Å²) < 4.78 is 22.8. The highest BCUT2D eigenvalue weighted by Crippen LogP contribution is 2.35. The summed E-state index contributed by atoms with van der Waals surface area (Å²) in [6.07, 6.45) is 9.89. The van der Waals surface area contributed by atoms with Gasteiger partial charge in [-0.15, -0.1) is 0 Å². The number of nitrogens with one attached hydrogen (secondary N) is 2. The number of rotatable bonds is 4. The van der Waals surface area contributed by atoms with Gasteiger partial charge in [0.1, 0.15) is 6.10 Å². The average molecular weight is 400 g/mol. The number of benzene rings is 1. The van der Waals surface area contributed by atoms with Gasteiger partial charge in [-0.1, -0.05) is 37.5 Å².